The second-order valence-corrected chi connectivity index (χ2v) is 5.83. The molecule has 0 bridgehead atoms. The van der Waals surface area contributed by atoms with Crippen molar-refractivity contribution < 1.29 is 4.74 Å². The first-order chi connectivity index (χ1) is 9.17. The lowest BCUT2D eigenvalue weighted by molar-refractivity contribution is -0.0831. The van der Waals surface area contributed by atoms with Gasteiger partial charge in [-0.15, -0.1) is 11.6 Å². The number of alkyl halides is 1. The molecule has 0 N–H and O–H groups in total. The topological polar surface area (TPSA) is 27.1 Å². The van der Waals surface area contributed by atoms with Crippen LogP contribution in [0, 0.1) is 0 Å². The maximum atomic E-state index is 6.09. The Labute approximate surface area is 122 Å². The number of benzene rings is 1. The Bertz CT molecular complexity index is 599. The molecule has 0 radical (unpaired) electrons. The van der Waals surface area contributed by atoms with Gasteiger partial charge in [-0.1, -0.05) is 11.6 Å². The molecule has 0 amide bonds. The van der Waals surface area contributed by atoms with Crippen molar-refractivity contribution in [3.63, 3.8) is 0 Å². The van der Waals surface area contributed by atoms with Gasteiger partial charge in [-0.25, -0.2) is 4.98 Å². The van der Waals surface area contributed by atoms with Gasteiger partial charge in [0.1, 0.15) is 5.82 Å². The summed E-state index contributed by atoms with van der Waals surface area (Å²) in [5, 5.41) is 0.717. The zero-order chi connectivity index (χ0) is 13.5. The van der Waals surface area contributed by atoms with Crippen LogP contribution in [0.1, 0.15) is 25.1 Å². The van der Waals surface area contributed by atoms with E-state index >= 15 is 0 Å². The van der Waals surface area contributed by atoms with Crippen molar-refractivity contribution in [3.05, 3.63) is 29.0 Å². The maximum Gasteiger partial charge on any atom is 0.124 e. The Morgan fingerprint density at radius 3 is 2.79 bits per heavy atom. The highest BCUT2D eigenvalue weighted by Gasteiger charge is 2.38. The highest BCUT2D eigenvalue weighted by molar-refractivity contribution is 6.31. The number of halogens is 2. The third kappa shape index (κ3) is 2.24. The van der Waals surface area contributed by atoms with Crippen molar-refractivity contribution in [1.29, 1.82) is 0 Å². The number of hydrogen-bond donors (Lipinski definition) is 0. The van der Waals surface area contributed by atoms with Crippen LogP contribution < -0.4 is 0 Å². The Balaban J connectivity index is 2.07. The lowest BCUT2D eigenvalue weighted by atomic mass is 9.80. The fourth-order valence-corrected chi connectivity index (χ4v) is 3.08. The molecule has 0 saturated heterocycles. The van der Waals surface area contributed by atoms with Crippen LogP contribution in [0.5, 0.6) is 0 Å². The van der Waals surface area contributed by atoms with Crippen molar-refractivity contribution in [3.8, 4) is 0 Å². The predicted molar refractivity (Wildman–Crippen MR) is 77.9 cm³/mol. The quantitative estimate of drug-likeness (QED) is 0.798. The summed E-state index contributed by atoms with van der Waals surface area (Å²) < 4.78 is 7.85. The largest absolute Gasteiger partial charge is 0.376 e. The molecule has 0 aliphatic heterocycles. The van der Waals surface area contributed by atoms with Crippen LogP contribution in [0.2, 0.25) is 5.02 Å². The minimum absolute atomic E-state index is 0.0588. The van der Waals surface area contributed by atoms with Gasteiger partial charge >= 0.3 is 0 Å². The Morgan fingerprint density at radius 1 is 1.42 bits per heavy atom. The van der Waals surface area contributed by atoms with Crippen LogP contribution in [0.25, 0.3) is 11.0 Å². The minimum atomic E-state index is -0.0588. The summed E-state index contributed by atoms with van der Waals surface area (Å²) in [7, 11) is 1.78. The van der Waals surface area contributed by atoms with E-state index in [1.54, 1.807) is 7.11 Å². The molecule has 1 heterocycles. The van der Waals surface area contributed by atoms with Crippen molar-refractivity contribution in [2.75, 3.05) is 7.11 Å². The predicted octanol–water partition coefficient (Wildman–Crippen LogP) is 4.00. The summed E-state index contributed by atoms with van der Waals surface area (Å²) in [5.74, 6) is 1.27. The molecule has 1 saturated carbocycles. The number of methoxy groups -OCH3 is 1. The fraction of sp³-hybridized carbons (Fsp3) is 0.500. The summed E-state index contributed by atoms with van der Waals surface area (Å²) in [5.41, 5.74) is 1.91. The van der Waals surface area contributed by atoms with Crippen LogP contribution in [-0.2, 0) is 17.2 Å². The molecule has 1 fully saturated rings. The maximum absolute atomic E-state index is 6.09. The Morgan fingerprint density at radius 2 is 2.21 bits per heavy atom. The van der Waals surface area contributed by atoms with Crippen molar-refractivity contribution >= 4 is 34.2 Å². The zero-order valence-electron chi connectivity index (χ0n) is 10.8. The SMILES string of the molecule is COC1(Cn2c(CCl)nc3ccc(Cl)cc32)CCC1. The molecular weight excluding hydrogens is 283 g/mol. The van der Waals surface area contributed by atoms with Crippen LogP contribution >= 0.6 is 23.2 Å². The normalized spacial score (nSPS) is 17.6. The van der Waals surface area contributed by atoms with E-state index in [1.807, 2.05) is 18.2 Å². The second kappa shape index (κ2) is 4.97. The standard InChI is InChI=1S/C14H16Cl2N2O/c1-19-14(5-2-6-14)9-18-12-7-10(16)3-4-11(12)17-13(18)8-15/h3-4,7H,2,5-6,8-9H2,1H3. The molecule has 1 aromatic heterocycles. The molecule has 102 valence electrons. The third-order valence-electron chi connectivity index (χ3n) is 4.05. The van der Waals surface area contributed by atoms with Crippen molar-refractivity contribution in [2.45, 2.75) is 37.3 Å². The minimum Gasteiger partial charge on any atom is -0.376 e. The molecule has 3 nitrogen and oxygen atoms in total. The van der Waals surface area contributed by atoms with Crippen LogP contribution in [0.15, 0.2) is 18.2 Å². The molecule has 1 aliphatic carbocycles. The van der Waals surface area contributed by atoms with E-state index in [1.165, 1.54) is 6.42 Å². The molecular formula is C14H16Cl2N2O. The van der Waals surface area contributed by atoms with E-state index in [-0.39, 0.29) is 5.60 Å². The first-order valence-corrected chi connectivity index (χ1v) is 7.34. The molecule has 2 aromatic rings. The zero-order valence-corrected chi connectivity index (χ0v) is 12.3. The van der Waals surface area contributed by atoms with Gasteiger partial charge in [0, 0.05) is 12.1 Å². The van der Waals surface area contributed by atoms with Gasteiger partial charge in [0.25, 0.3) is 0 Å². The third-order valence-corrected chi connectivity index (χ3v) is 4.53. The molecule has 0 unspecified atom stereocenters. The number of fused-ring (bicyclic) bond motifs is 1. The molecule has 19 heavy (non-hydrogen) atoms. The number of ether oxygens (including phenoxy) is 1. The summed E-state index contributed by atoms with van der Waals surface area (Å²) in [6, 6.07) is 5.74. The molecule has 5 heteroatoms. The molecule has 3 rings (SSSR count). The van der Waals surface area contributed by atoms with E-state index < -0.39 is 0 Å². The van der Waals surface area contributed by atoms with Crippen LogP contribution in [-0.4, -0.2) is 22.3 Å². The molecule has 1 aromatic carbocycles. The highest BCUT2D eigenvalue weighted by atomic mass is 35.5. The second-order valence-electron chi connectivity index (χ2n) is 5.12. The van der Waals surface area contributed by atoms with E-state index in [0.717, 1.165) is 41.3 Å². The monoisotopic (exact) mass is 298 g/mol. The van der Waals surface area contributed by atoms with Gasteiger partial charge in [0.05, 0.1) is 29.1 Å². The highest BCUT2D eigenvalue weighted by Crippen LogP contribution is 2.38. The summed E-state index contributed by atoms with van der Waals surface area (Å²) in [6.45, 7) is 0.794. The smallest absolute Gasteiger partial charge is 0.124 e. The van der Waals surface area contributed by atoms with Crippen molar-refractivity contribution in [2.24, 2.45) is 0 Å². The first-order valence-electron chi connectivity index (χ1n) is 6.43. The summed E-state index contributed by atoms with van der Waals surface area (Å²) >= 11 is 12.1. The van der Waals surface area contributed by atoms with E-state index in [2.05, 4.69) is 9.55 Å². The summed E-state index contributed by atoms with van der Waals surface area (Å²) in [4.78, 5) is 4.57. The van der Waals surface area contributed by atoms with Gasteiger partial charge in [-0.3, -0.25) is 0 Å². The summed E-state index contributed by atoms with van der Waals surface area (Å²) in [6.07, 6.45) is 3.40. The van der Waals surface area contributed by atoms with Crippen molar-refractivity contribution in [1.82, 2.24) is 9.55 Å². The van der Waals surface area contributed by atoms with Crippen LogP contribution in [0.3, 0.4) is 0 Å². The van der Waals surface area contributed by atoms with Gasteiger partial charge in [-0.2, -0.15) is 0 Å². The first kappa shape index (κ1) is 13.2. The molecule has 0 atom stereocenters. The van der Waals surface area contributed by atoms with Gasteiger partial charge < -0.3 is 9.30 Å². The number of aromatic nitrogens is 2. The molecule has 0 spiro atoms. The average Bonchev–Trinajstić information content (AvgIpc) is 2.71. The van der Waals surface area contributed by atoms with Gasteiger partial charge in [0.2, 0.25) is 0 Å². The van der Waals surface area contributed by atoms with E-state index in [9.17, 15) is 0 Å². The van der Waals surface area contributed by atoms with Crippen LogP contribution in [0.4, 0.5) is 0 Å². The number of hydrogen-bond acceptors (Lipinski definition) is 2. The van der Waals surface area contributed by atoms with E-state index in [0.29, 0.717) is 5.88 Å². The molecule has 1 aliphatic rings. The average molecular weight is 299 g/mol. The Hall–Kier alpha value is -0.770. The fourth-order valence-electron chi connectivity index (χ4n) is 2.71. The number of imidazole rings is 1. The van der Waals surface area contributed by atoms with Gasteiger partial charge in [-0.05, 0) is 37.5 Å². The number of rotatable bonds is 4. The lowest BCUT2D eigenvalue weighted by Crippen LogP contribution is -2.43. The Kier molecular flexibility index (Phi) is 3.46. The van der Waals surface area contributed by atoms with Gasteiger partial charge in [0.15, 0.2) is 0 Å². The number of nitrogens with zero attached hydrogens (tertiary/aromatic N) is 2. The van der Waals surface area contributed by atoms with E-state index in [4.69, 9.17) is 27.9 Å². The lowest BCUT2D eigenvalue weighted by Gasteiger charge is -2.41.